The van der Waals surface area contributed by atoms with Crippen LogP contribution in [0.25, 0.3) is 0 Å². The van der Waals surface area contributed by atoms with Gasteiger partial charge in [0, 0.05) is 31.4 Å². The SMILES string of the molecule is Cc1cc(C)n(CC(=O)N2C[C@@H](Oc3cccnc3)C[C@H]2C(=O)N2CCCC2)n1. The predicted octanol–water partition coefficient (Wildman–Crippen LogP) is 1.57. The summed E-state index contributed by atoms with van der Waals surface area (Å²) in [4.78, 5) is 33.9. The van der Waals surface area contributed by atoms with Gasteiger partial charge in [0.15, 0.2) is 0 Å². The summed E-state index contributed by atoms with van der Waals surface area (Å²) in [6.45, 7) is 5.88. The van der Waals surface area contributed by atoms with Crippen molar-refractivity contribution < 1.29 is 14.3 Å². The minimum Gasteiger partial charge on any atom is -0.487 e. The van der Waals surface area contributed by atoms with Crippen LogP contribution in [-0.4, -0.2) is 68.2 Å². The van der Waals surface area contributed by atoms with Crippen molar-refractivity contribution in [2.75, 3.05) is 19.6 Å². The van der Waals surface area contributed by atoms with E-state index in [1.807, 2.05) is 36.9 Å². The largest absolute Gasteiger partial charge is 0.487 e. The summed E-state index contributed by atoms with van der Waals surface area (Å²) in [5.41, 5.74) is 1.81. The first-order valence-corrected chi connectivity index (χ1v) is 10.2. The third kappa shape index (κ3) is 4.26. The maximum atomic E-state index is 13.1. The van der Waals surface area contributed by atoms with Gasteiger partial charge in [0.2, 0.25) is 11.8 Å². The van der Waals surface area contributed by atoms with Crippen LogP contribution in [-0.2, 0) is 16.1 Å². The number of carbonyl (C=O) groups is 2. The van der Waals surface area contributed by atoms with Gasteiger partial charge in [-0.05, 0) is 44.9 Å². The fourth-order valence-corrected chi connectivity index (χ4v) is 4.20. The molecular weight excluding hydrogens is 370 g/mol. The van der Waals surface area contributed by atoms with Gasteiger partial charge in [-0.15, -0.1) is 0 Å². The lowest BCUT2D eigenvalue weighted by Gasteiger charge is -2.27. The molecule has 154 valence electrons. The van der Waals surface area contributed by atoms with E-state index in [0.717, 1.165) is 37.3 Å². The fourth-order valence-electron chi connectivity index (χ4n) is 4.20. The first-order chi connectivity index (χ1) is 14.0. The molecule has 4 rings (SSSR count). The summed E-state index contributed by atoms with van der Waals surface area (Å²) < 4.78 is 7.73. The van der Waals surface area contributed by atoms with Crippen molar-refractivity contribution in [2.45, 2.75) is 51.8 Å². The fraction of sp³-hybridized carbons (Fsp3) is 0.524. The number of hydrogen-bond donors (Lipinski definition) is 0. The molecule has 0 spiro atoms. The normalized spacial score (nSPS) is 21.6. The quantitative estimate of drug-likeness (QED) is 0.765. The van der Waals surface area contributed by atoms with Crippen LogP contribution in [0.1, 0.15) is 30.7 Å². The van der Waals surface area contributed by atoms with Crippen molar-refractivity contribution in [1.82, 2.24) is 24.6 Å². The van der Waals surface area contributed by atoms with E-state index in [0.29, 0.717) is 18.7 Å². The van der Waals surface area contributed by atoms with Crippen LogP contribution >= 0.6 is 0 Å². The van der Waals surface area contributed by atoms with Crippen LogP contribution in [0.5, 0.6) is 5.75 Å². The molecule has 2 aliphatic heterocycles. The van der Waals surface area contributed by atoms with Crippen molar-refractivity contribution in [3.8, 4) is 5.75 Å². The van der Waals surface area contributed by atoms with Crippen LogP contribution in [0.2, 0.25) is 0 Å². The van der Waals surface area contributed by atoms with Crippen LogP contribution in [0.15, 0.2) is 30.6 Å². The van der Waals surface area contributed by atoms with Crippen molar-refractivity contribution >= 4 is 11.8 Å². The molecule has 2 atom stereocenters. The summed E-state index contributed by atoms with van der Waals surface area (Å²) in [6.07, 6.45) is 5.64. The average Bonchev–Trinajstić information content (AvgIpc) is 3.43. The molecule has 2 aromatic rings. The molecule has 2 aromatic heterocycles. The Balaban J connectivity index is 1.51. The van der Waals surface area contributed by atoms with Crippen LogP contribution in [0.4, 0.5) is 0 Å². The van der Waals surface area contributed by atoms with Crippen molar-refractivity contribution in [2.24, 2.45) is 0 Å². The molecule has 0 radical (unpaired) electrons. The summed E-state index contributed by atoms with van der Waals surface area (Å²) in [5, 5.41) is 4.39. The van der Waals surface area contributed by atoms with Crippen molar-refractivity contribution in [3.05, 3.63) is 42.0 Å². The molecule has 8 heteroatoms. The second-order valence-electron chi connectivity index (χ2n) is 7.84. The predicted molar refractivity (Wildman–Crippen MR) is 106 cm³/mol. The summed E-state index contributed by atoms with van der Waals surface area (Å²) in [5.74, 6) is 0.574. The highest BCUT2D eigenvalue weighted by atomic mass is 16.5. The van der Waals surface area contributed by atoms with Crippen LogP contribution in [0, 0.1) is 13.8 Å². The highest BCUT2D eigenvalue weighted by molar-refractivity contribution is 5.88. The summed E-state index contributed by atoms with van der Waals surface area (Å²) in [7, 11) is 0. The molecule has 0 aliphatic carbocycles. The van der Waals surface area contributed by atoms with E-state index >= 15 is 0 Å². The van der Waals surface area contributed by atoms with Gasteiger partial charge in [-0.2, -0.15) is 5.10 Å². The summed E-state index contributed by atoms with van der Waals surface area (Å²) in [6, 6.07) is 5.10. The van der Waals surface area contributed by atoms with E-state index < -0.39 is 6.04 Å². The highest BCUT2D eigenvalue weighted by Gasteiger charge is 2.42. The number of rotatable bonds is 5. The number of carbonyl (C=O) groups excluding carboxylic acids is 2. The number of ether oxygens (including phenoxy) is 1. The zero-order valence-corrected chi connectivity index (χ0v) is 17.0. The number of aryl methyl sites for hydroxylation is 2. The maximum absolute atomic E-state index is 13.1. The third-order valence-corrected chi connectivity index (χ3v) is 5.61. The smallest absolute Gasteiger partial charge is 0.245 e. The number of likely N-dealkylation sites (tertiary alicyclic amines) is 2. The first-order valence-electron chi connectivity index (χ1n) is 10.2. The van der Waals surface area contributed by atoms with Crippen LogP contribution < -0.4 is 4.74 Å². The lowest BCUT2D eigenvalue weighted by molar-refractivity contribution is -0.143. The molecule has 2 amide bonds. The Bertz CT molecular complexity index is 876. The third-order valence-electron chi connectivity index (χ3n) is 5.61. The number of nitrogens with zero attached hydrogens (tertiary/aromatic N) is 5. The van der Waals surface area contributed by atoms with E-state index in [9.17, 15) is 9.59 Å². The molecule has 2 aliphatic rings. The number of hydrogen-bond acceptors (Lipinski definition) is 5. The molecule has 8 nitrogen and oxygen atoms in total. The lowest BCUT2D eigenvalue weighted by Crippen LogP contribution is -2.48. The second kappa shape index (κ2) is 8.23. The van der Waals surface area contributed by atoms with Gasteiger partial charge in [0.25, 0.3) is 0 Å². The van der Waals surface area contributed by atoms with Gasteiger partial charge in [0.1, 0.15) is 24.4 Å². The minimum atomic E-state index is -0.487. The Hall–Kier alpha value is -2.90. The van der Waals surface area contributed by atoms with E-state index in [1.54, 1.807) is 22.0 Å². The standard InChI is InChI=1S/C21H27N5O3/c1-15-10-16(2)26(23-15)14-20(27)25-13-18(29-17-6-5-7-22-12-17)11-19(25)21(28)24-8-3-4-9-24/h5-7,10,12,18-19H,3-4,8-9,11,13-14H2,1-2H3/t18-,19-/m0/s1. The monoisotopic (exact) mass is 397 g/mol. The van der Waals surface area contributed by atoms with E-state index in [4.69, 9.17) is 4.74 Å². The van der Waals surface area contributed by atoms with Crippen LogP contribution in [0.3, 0.4) is 0 Å². The highest BCUT2D eigenvalue weighted by Crippen LogP contribution is 2.26. The molecule has 2 saturated heterocycles. The zero-order chi connectivity index (χ0) is 20.4. The Morgan fingerprint density at radius 1 is 1.24 bits per heavy atom. The van der Waals surface area contributed by atoms with Gasteiger partial charge < -0.3 is 14.5 Å². The summed E-state index contributed by atoms with van der Waals surface area (Å²) >= 11 is 0. The average molecular weight is 397 g/mol. The molecule has 0 unspecified atom stereocenters. The van der Waals surface area contributed by atoms with Gasteiger partial charge in [0.05, 0.1) is 18.4 Å². The van der Waals surface area contributed by atoms with Crippen molar-refractivity contribution in [3.63, 3.8) is 0 Å². The molecule has 2 fully saturated rings. The zero-order valence-electron chi connectivity index (χ0n) is 17.0. The molecular formula is C21H27N5O3. The van der Waals surface area contributed by atoms with E-state index in [-0.39, 0.29) is 24.5 Å². The Morgan fingerprint density at radius 3 is 2.69 bits per heavy atom. The number of amides is 2. The molecule has 0 aromatic carbocycles. The first kappa shape index (κ1) is 19.4. The Kier molecular flexibility index (Phi) is 5.51. The molecule has 4 heterocycles. The van der Waals surface area contributed by atoms with Gasteiger partial charge >= 0.3 is 0 Å². The topological polar surface area (TPSA) is 80.6 Å². The Morgan fingerprint density at radius 2 is 2.03 bits per heavy atom. The molecule has 0 saturated carbocycles. The molecule has 29 heavy (non-hydrogen) atoms. The van der Waals surface area contributed by atoms with Gasteiger partial charge in [-0.25, -0.2) is 0 Å². The molecule has 0 N–H and O–H groups in total. The number of aromatic nitrogens is 3. The van der Waals surface area contributed by atoms with Gasteiger partial charge in [-0.3, -0.25) is 19.3 Å². The number of pyridine rings is 1. The van der Waals surface area contributed by atoms with E-state index in [1.165, 1.54) is 0 Å². The maximum Gasteiger partial charge on any atom is 0.245 e. The second-order valence-corrected chi connectivity index (χ2v) is 7.84. The Labute approximate surface area is 170 Å². The lowest BCUT2D eigenvalue weighted by atomic mass is 10.1. The van der Waals surface area contributed by atoms with Gasteiger partial charge in [-0.1, -0.05) is 0 Å². The van der Waals surface area contributed by atoms with E-state index in [2.05, 4.69) is 10.1 Å². The van der Waals surface area contributed by atoms with Crippen molar-refractivity contribution in [1.29, 1.82) is 0 Å². The molecule has 0 bridgehead atoms. The minimum absolute atomic E-state index is 0.0292.